The minimum Gasteiger partial charge on any atom is -0.364 e. The minimum absolute atomic E-state index is 0.173. The lowest BCUT2D eigenvalue weighted by molar-refractivity contribution is 0.0997. The zero-order chi connectivity index (χ0) is 15.9. The van der Waals surface area contributed by atoms with Crippen molar-refractivity contribution < 1.29 is 9.36 Å². The quantitative estimate of drug-likeness (QED) is 0.724. The van der Waals surface area contributed by atoms with Crippen LogP contribution < -0.4 is 16.3 Å². The number of nitrogens with one attached hydrogen (secondary N) is 1. The average molecular weight is 333 g/mol. The third-order valence-electron chi connectivity index (χ3n) is 3.66. The molecule has 0 aliphatic carbocycles. The molecule has 3 rings (SSSR count). The van der Waals surface area contributed by atoms with Crippen molar-refractivity contribution in [2.45, 2.75) is 0 Å². The molecule has 1 heterocycles. The number of aromatic nitrogens is 1. The summed E-state index contributed by atoms with van der Waals surface area (Å²) >= 11 is 6.06. The van der Waals surface area contributed by atoms with Gasteiger partial charge >= 0.3 is 0 Å². The van der Waals surface area contributed by atoms with E-state index in [0.29, 0.717) is 26.5 Å². The van der Waals surface area contributed by atoms with Crippen LogP contribution in [-0.4, -0.2) is 17.6 Å². The third-order valence-corrected chi connectivity index (χ3v) is 6.49. The number of benzene rings is 2. The number of aromatic amines is 1. The van der Waals surface area contributed by atoms with E-state index in [9.17, 15) is 9.36 Å². The van der Waals surface area contributed by atoms with Crippen molar-refractivity contribution in [1.82, 2.24) is 4.98 Å². The number of nitrogens with two attached hydrogens (primary N) is 1. The molecular weight excluding hydrogens is 319 g/mol. The van der Waals surface area contributed by atoms with E-state index in [1.54, 1.807) is 37.0 Å². The Labute approximate surface area is 132 Å². The molecule has 0 aliphatic rings. The zero-order valence-electron chi connectivity index (χ0n) is 11.8. The van der Waals surface area contributed by atoms with E-state index in [1.807, 2.05) is 18.2 Å². The van der Waals surface area contributed by atoms with Crippen LogP contribution >= 0.6 is 18.7 Å². The van der Waals surface area contributed by atoms with E-state index in [-0.39, 0.29) is 5.69 Å². The number of amides is 1. The van der Waals surface area contributed by atoms with Crippen LogP contribution in [0.3, 0.4) is 0 Å². The van der Waals surface area contributed by atoms with E-state index < -0.39 is 13.0 Å². The van der Waals surface area contributed by atoms with Gasteiger partial charge in [0, 0.05) is 21.2 Å². The van der Waals surface area contributed by atoms with Crippen molar-refractivity contribution in [2.24, 2.45) is 5.73 Å². The molecule has 0 aliphatic heterocycles. The lowest BCUT2D eigenvalue weighted by Gasteiger charge is -2.14. The fourth-order valence-electron chi connectivity index (χ4n) is 2.61. The van der Waals surface area contributed by atoms with Gasteiger partial charge < -0.3 is 15.3 Å². The molecule has 1 amide bonds. The standard InChI is InChI=1S/C16H14ClN2O2P/c1-22(21,11-5-3-2-4-6-11)15-12-9-10(17)7-8-13(12)19-14(15)16(18)20/h2-9,19H,1H3,(H2,18,20). The number of carbonyl (C=O) groups is 1. The Kier molecular flexibility index (Phi) is 3.59. The second-order valence-electron chi connectivity index (χ2n) is 5.16. The van der Waals surface area contributed by atoms with Crippen molar-refractivity contribution in [3.05, 3.63) is 59.2 Å². The Morgan fingerprint density at radius 3 is 2.50 bits per heavy atom. The van der Waals surface area contributed by atoms with Crippen LogP contribution in [0.15, 0.2) is 48.5 Å². The van der Waals surface area contributed by atoms with Gasteiger partial charge in [0.05, 0.1) is 5.30 Å². The number of hydrogen-bond donors (Lipinski definition) is 2. The normalized spacial score (nSPS) is 13.9. The number of halogens is 1. The van der Waals surface area contributed by atoms with Crippen LogP contribution in [-0.2, 0) is 4.57 Å². The number of carbonyl (C=O) groups excluding carboxylic acids is 1. The molecule has 0 fully saturated rings. The molecular formula is C16H14ClN2O2P. The number of H-pyrrole nitrogens is 1. The molecule has 112 valence electrons. The molecule has 0 saturated carbocycles. The first-order valence-corrected chi connectivity index (χ1v) is 9.19. The van der Waals surface area contributed by atoms with Crippen molar-refractivity contribution in [3.8, 4) is 0 Å². The van der Waals surface area contributed by atoms with Crippen LogP contribution in [0, 0.1) is 0 Å². The van der Waals surface area contributed by atoms with Gasteiger partial charge in [-0.2, -0.15) is 0 Å². The Morgan fingerprint density at radius 1 is 1.18 bits per heavy atom. The van der Waals surface area contributed by atoms with Crippen LogP contribution in [0.1, 0.15) is 10.5 Å². The maximum absolute atomic E-state index is 13.5. The number of primary amides is 1. The van der Waals surface area contributed by atoms with E-state index in [4.69, 9.17) is 17.3 Å². The van der Waals surface area contributed by atoms with Gasteiger partial charge in [-0.1, -0.05) is 41.9 Å². The Bertz CT molecular complexity index is 919. The first-order chi connectivity index (χ1) is 10.4. The molecule has 0 bridgehead atoms. The first kappa shape index (κ1) is 14.9. The summed E-state index contributed by atoms with van der Waals surface area (Å²) in [5, 5.41) is 2.27. The van der Waals surface area contributed by atoms with Crippen molar-refractivity contribution in [1.29, 1.82) is 0 Å². The fraction of sp³-hybridized carbons (Fsp3) is 0.0625. The van der Waals surface area contributed by atoms with Gasteiger partial charge in [-0.05, 0) is 24.9 Å². The molecule has 0 spiro atoms. The summed E-state index contributed by atoms with van der Waals surface area (Å²) in [5.41, 5.74) is 6.33. The topological polar surface area (TPSA) is 76.0 Å². The molecule has 2 aromatic carbocycles. The van der Waals surface area contributed by atoms with Gasteiger partial charge in [-0.25, -0.2) is 0 Å². The maximum Gasteiger partial charge on any atom is 0.265 e. The summed E-state index contributed by atoms with van der Waals surface area (Å²) in [6, 6.07) is 14.2. The van der Waals surface area contributed by atoms with Gasteiger partial charge in [0.25, 0.3) is 5.91 Å². The number of rotatable bonds is 3. The molecule has 3 aromatic rings. The highest BCUT2D eigenvalue weighted by Gasteiger charge is 2.30. The first-order valence-electron chi connectivity index (χ1n) is 6.66. The predicted molar refractivity (Wildman–Crippen MR) is 91.1 cm³/mol. The van der Waals surface area contributed by atoms with E-state index in [2.05, 4.69) is 4.98 Å². The largest absolute Gasteiger partial charge is 0.364 e. The van der Waals surface area contributed by atoms with Gasteiger partial charge in [-0.3, -0.25) is 4.79 Å². The molecule has 0 radical (unpaired) electrons. The molecule has 3 N–H and O–H groups in total. The van der Waals surface area contributed by atoms with E-state index in [0.717, 1.165) is 0 Å². The molecule has 4 nitrogen and oxygen atoms in total. The second kappa shape index (κ2) is 5.31. The van der Waals surface area contributed by atoms with Gasteiger partial charge in [0.2, 0.25) is 0 Å². The highest BCUT2D eigenvalue weighted by molar-refractivity contribution is 7.78. The molecule has 1 unspecified atom stereocenters. The summed E-state index contributed by atoms with van der Waals surface area (Å²) in [4.78, 5) is 14.8. The highest BCUT2D eigenvalue weighted by Crippen LogP contribution is 2.42. The van der Waals surface area contributed by atoms with E-state index in [1.165, 1.54) is 0 Å². The molecule has 6 heteroatoms. The lowest BCUT2D eigenvalue weighted by atomic mass is 10.2. The number of hydrogen-bond acceptors (Lipinski definition) is 2. The smallest absolute Gasteiger partial charge is 0.265 e. The summed E-state index contributed by atoms with van der Waals surface area (Å²) in [5.74, 6) is -0.639. The van der Waals surface area contributed by atoms with Gasteiger partial charge in [0.15, 0.2) is 0 Å². The zero-order valence-corrected chi connectivity index (χ0v) is 13.5. The highest BCUT2D eigenvalue weighted by atomic mass is 35.5. The fourth-order valence-corrected chi connectivity index (χ4v) is 5.02. The van der Waals surface area contributed by atoms with E-state index >= 15 is 0 Å². The monoisotopic (exact) mass is 332 g/mol. The third kappa shape index (κ3) is 2.35. The summed E-state index contributed by atoms with van der Waals surface area (Å²) in [6.45, 7) is 1.64. The summed E-state index contributed by atoms with van der Waals surface area (Å²) in [7, 11) is -3.00. The van der Waals surface area contributed by atoms with Crippen molar-refractivity contribution >= 4 is 46.2 Å². The molecule has 0 saturated heterocycles. The second-order valence-corrected chi connectivity index (χ2v) is 8.41. The van der Waals surface area contributed by atoms with Crippen LogP contribution in [0.25, 0.3) is 10.9 Å². The van der Waals surface area contributed by atoms with Gasteiger partial charge in [0.1, 0.15) is 12.8 Å². The summed E-state index contributed by atoms with van der Waals surface area (Å²) in [6.07, 6.45) is 0. The molecule has 1 atom stereocenters. The number of fused-ring (bicyclic) bond motifs is 1. The van der Waals surface area contributed by atoms with Crippen molar-refractivity contribution in [2.75, 3.05) is 6.66 Å². The average Bonchev–Trinajstić information content (AvgIpc) is 2.87. The lowest BCUT2D eigenvalue weighted by Crippen LogP contribution is -2.24. The van der Waals surface area contributed by atoms with Crippen molar-refractivity contribution in [3.63, 3.8) is 0 Å². The predicted octanol–water partition coefficient (Wildman–Crippen LogP) is 2.86. The Morgan fingerprint density at radius 2 is 1.86 bits per heavy atom. The van der Waals surface area contributed by atoms with Gasteiger partial charge in [-0.15, -0.1) is 0 Å². The Balaban J connectivity index is 2.38. The SMILES string of the molecule is CP(=O)(c1ccccc1)c1c(C(N)=O)[nH]c2ccc(Cl)cc12. The molecule has 22 heavy (non-hydrogen) atoms. The van der Waals surface area contributed by atoms with Crippen LogP contribution in [0.4, 0.5) is 0 Å². The summed E-state index contributed by atoms with van der Waals surface area (Å²) < 4.78 is 13.5. The Hall–Kier alpha value is -2.03. The van der Waals surface area contributed by atoms with Crippen LogP contribution in [0.5, 0.6) is 0 Å². The molecule has 1 aromatic heterocycles. The minimum atomic E-state index is -3.00. The maximum atomic E-state index is 13.5. The van der Waals surface area contributed by atoms with Crippen LogP contribution in [0.2, 0.25) is 5.02 Å².